The Hall–Kier alpha value is -2.44. The summed E-state index contributed by atoms with van der Waals surface area (Å²) in [6.45, 7) is 3.65. The van der Waals surface area contributed by atoms with Gasteiger partial charge in [0.2, 0.25) is 11.8 Å². The summed E-state index contributed by atoms with van der Waals surface area (Å²) in [6.07, 6.45) is 0. The largest absolute Gasteiger partial charge is 0.658 e. The van der Waals surface area contributed by atoms with Gasteiger partial charge in [0.1, 0.15) is 11.5 Å². The molecule has 0 atom stereocenters. The molecule has 0 fully saturated rings. The molecular weight excluding hydrogens is 271 g/mol. The molecule has 2 aromatic rings. The Kier molecular flexibility index (Phi) is 4.87. The minimum absolute atomic E-state index is 0.538. The topological polar surface area (TPSA) is 62.7 Å². The third-order valence-corrected chi connectivity index (χ3v) is 2.79. The van der Waals surface area contributed by atoms with E-state index < -0.39 is 0 Å². The van der Waals surface area contributed by atoms with Crippen LogP contribution in [0.5, 0.6) is 23.3 Å². The lowest BCUT2D eigenvalue weighted by Gasteiger charge is -2.11. The van der Waals surface area contributed by atoms with Gasteiger partial charge < -0.3 is 18.8 Å². The van der Waals surface area contributed by atoms with Crippen molar-refractivity contribution < 1.29 is 18.8 Å². The van der Waals surface area contributed by atoms with Crippen LogP contribution < -0.4 is 18.8 Å². The number of aromatic nitrogens is 2. The first-order valence-electron chi connectivity index (χ1n) is 6.32. The van der Waals surface area contributed by atoms with Crippen LogP contribution in [0.4, 0.5) is 0 Å². The summed E-state index contributed by atoms with van der Waals surface area (Å²) in [4.78, 5) is 8.41. The molecule has 0 saturated heterocycles. The highest BCUT2D eigenvalue weighted by Crippen LogP contribution is 2.21. The van der Waals surface area contributed by atoms with Gasteiger partial charge in [0, 0.05) is 12.1 Å². The average Bonchev–Trinajstić information content (AvgIpc) is 2.50. The first kappa shape index (κ1) is 15.0. The van der Waals surface area contributed by atoms with Crippen molar-refractivity contribution in [2.45, 2.75) is 13.8 Å². The molecule has 0 unspecified atom stereocenters. The summed E-state index contributed by atoms with van der Waals surface area (Å²) in [7, 11) is 4.38. The van der Waals surface area contributed by atoms with E-state index in [1.54, 1.807) is 38.5 Å². The van der Waals surface area contributed by atoms with Crippen LogP contribution >= 0.6 is 0 Å². The molecule has 2 heterocycles. The van der Waals surface area contributed by atoms with Crippen LogP contribution in [0.3, 0.4) is 0 Å². The number of ether oxygens (including phenoxy) is 2. The molecule has 0 aliphatic carbocycles. The van der Waals surface area contributed by atoms with Gasteiger partial charge in [-0.25, -0.2) is 9.97 Å². The van der Waals surface area contributed by atoms with Crippen LogP contribution in [0, 0.1) is 13.8 Å². The SMILES string of the molecule is COc1ccc(O[B]Oc2ccc(OC)nc2C)c(C)n1. The van der Waals surface area contributed by atoms with Crippen molar-refractivity contribution in [2.24, 2.45) is 0 Å². The molecule has 0 saturated carbocycles. The lowest BCUT2D eigenvalue weighted by molar-refractivity contribution is 0.391. The van der Waals surface area contributed by atoms with Gasteiger partial charge in [-0.3, -0.25) is 0 Å². The van der Waals surface area contributed by atoms with Crippen molar-refractivity contribution >= 4 is 7.69 Å². The van der Waals surface area contributed by atoms with E-state index in [0.29, 0.717) is 34.6 Å². The number of methoxy groups -OCH3 is 2. The zero-order valence-corrected chi connectivity index (χ0v) is 12.4. The Balaban J connectivity index is 1.95. The van der Waals surface area contributed by atoms with E-state index in [2.05, 4.69) is 9.97 Å². The van der Waals surface area contributed by atoms with Gasteiger partial charge >= 0.3 is 7.69 Å². The van der Waals surface area contributed by atoms with Gasteiger partial charge in [-0.1, -0.05) is 0 Å². The number of pyridine rings is 2. The maximum atomic E-state index is 5.43. The molecule has 0 amide bonds. The summed E-state index contributed by atoms with van der Waals surface area (Å²) >= 11 is 0. The van der Waals surface area contributed by atoms with Gasteiger partial charge in [0.15, 0.2) is 0 Å². The first-order chi connectivity index (χ1) is 10.1. The van der Waals surface area contributed by atoms with E-state index in [4.69, 9.17) is 18.8 Å². The zero-order chi connectivity index (χ0) is 15.2. The summed E-state index contributed by atoms with van der Waals surface area (Å²) in [6, 6.07) is 6.97. The van der Waals surface area contributed by atoms with Crippen LogP contribution in [0.1, 0.15) is 11.4 Å². The van der Waals surface area contributed by atoms with Gasteiger partial charge in [-0.2, -0.15) is 0 Å². The van der Waals surface area contributed by atoms with Crippen LogP contribution in [-0.2, 0) is 0 Å². The van der Waals surface area contributed by atoms with Crippen molar-refractivity contribution in [1.29, 1.82) is 0 Å². The van der Waals surface area contributed by atoms with Gasteiger partial charge in [0.25, 0.3) is 0 Å². The molecule has 21 heavy (non-hydrogen) atoms. The Morgan fingerprint density at radius 2 is 1.19 bits per heavy atom. The van der Waals surface area contributed by atoms with E-state index in [9.17, 15) is 0 Å². The number of hydrogen-bond acceptors (Lipinski definition) is 6. The maximum Gasteiger partial charge on any atom is 0.658 e. The van der Waals surface area contributed by atoms with Crippen molar-refractivity contribution in [1.82, 2.24) is 9.97 Å². The van der Waals surface area contributed by atoms with E-state index in [-0.39, 0.29) is 0 Å². The van der Waals surface area contributed by atoms with Crippen LogP contribution in [0.2, 0.25) is 0 Å². The smallest absolute Gasteiger partial charge is 0.525 e. The third-order valence-electron chi connectivity index (χ3n) is 2.79. The van der Waals surface area contributed by atoms with E-state index in [0.717, 1.165) is 0 Å². The number of nitrogens with zero attached hydrogens (tertiary/aromatic N) is 2. The molecule has 109 valence electrons. The second-order valence-electron chi connectivity index (χ2n) is 4.21. The van der Waals surface area contributed by atoms with Gasteiger partial charge in [-0.15, -0.1) is 0 Å². The molecule has 0 bridgehead atoms. The molecule has 1 radical (unpaired) electrons. The molecule has 2 aromatic heterocycles. The predicted octanol–water partition coefficient (Wildman–Crippen LogP) is 2.10. The molecule has 0 aromatic carbocycles. The van der Waals surface area contributed by atoms with Crippen molar-refractivity contribution in [3.8, 4) is 23.3 Å². The second kappa shape index (κ2) is 6.83. The summed E-state index contributed by atoms with van der Waals surface area (Å²) in [5, 5.41) is 0. The fourth-order valence-corrected chi connectivity index (χ4v) is 1.65. The molecule has 7 heteroatoms. The Bertz CT molecular complexity index is 568. The zero-order valence-electron chi connectivity index (χ0n) is 12.4. The standard InChI is InChI=1S/C14H16BN2O4/c1-9-11(5-7-13(16-9)18-3)20-15-21-12-6-8-14(19-4)17-10(12)2/h5-8H,1-4H3. The summed E-state index contributed by atoms with van der Waals surface area (Å²) in [5.74, 6) is 2.26. The highest BCUT2D eigenvalue weighted by Gasteiger charge is 2.09. The normalized spacial score (nSPS) is 9.90. The molecular formula is C14H16BN2O4. The lowest BCUT2D eigenvalue weighted by atomic mass is 10.3. The molecule has 6 nitrogen and oxygen atoms in total. The van der Waals surface area contributed by atoms with Crippen LogP contribution in [0.15, 0.2) is 24.3 Å². The molecule has 0 spiro atoms. The third kappa shape index (κ3) is 3.78. The van der Waals surface area contributed by atoms with Crippen molar-refractivity contribution in [3.63, 3.8) is 0 Å². The molecule has 0 aliphatic heterocycles. The van der Waals surface area contributed by atoms with E-state index >= 15 is 0 Å². The molecule has 0 N–H and O–H groups in total. The highest BCUT2D eigenvalue weighted by atomic mass is 16.6. The van der Waals surface area contributed by atoms with Crippen molar-refractivity contribution in [2.75, 3.05) is 14.2 Å². The van der Waals surface area contributed by atoms with Gasteiger partial charge in [-0.05, 0) is 26.0 Å². The monoisotopic (exact) mass is 287 g/mol. The highest BCUT2D eigenvalue weighted by molar-refractivity contribution is 6.20. The van der Waals surface area contributed by atoms with E-state index in [1.807, 2.05) is 13.8 Å². The predicted molar refractivity (Wildman–Crippen MR) is 78.1 cm³/mol. The fraction of sp³-hybridized carbons (Fsp3) is 0.286. The number of rotatable bonds is 6. The lowest BCUT2D eigenvalue weighted by Crippen LogP contribution is -2.13. The fourth-order valence-electron chi connectivity index (χ4n) is 1.65. The number of hydrogen-bond donors (Lipinski definition) is 0. The van der Waals surface area contributed by atoms with E-state index in [1.165, 1.54) is 7.69 Å². The Labute approximate surface area is 124 Å². The minimum Gasteiger partial charge on any atom is -0.525 e. The Morgan fingerprint density at radius 3 is 1.52 bits per heavy atom. The molecule has 0 aliphatic rings. The van der Waals surface area contributed by atoms with Crippen molar-refractivity contribution in [3.05, 3.63) is 35.7 Å². The molecule has 2 rings (SSSR count). The van der Waals surface area contributed by atoms with Gasteiger partial charge in [0.05, 0.1) is 25.6 Å². The first-order valence-corrected chi connectivity index (χ1v) is 6.32. The Morgan fingerprint density at radius 1 is 0.762 bits per heavy atom. The average molecular weight is 287 g/mol. The minimum atomic E-state index is 0.538. The quantitative estimate of drug-likeness (QED) is 0.758. The summed E-state index contributed by atoms with van der Waals surface area (Å²) in [5.41, 5.74) is 1.41. The second-order valence-corrected chi connectivity index (χ2v) is 4.21. The van der Waals surface area contributed by atoms with Crippen LogP contribution in [0.25, 0.3) is 0 Å². The maximum absolute atomic E-state index is 5.43. The number of aryl methyl sites for hydroxylation is 2. The van der Waals surface area contributed by atoms with Crippen LogP contribution in [-0.4, -0.2) is 31.9 Å². The summed E-state index contributed by atoms with van der Waals surface area (Å²) < 4.78 is 20.9.